The summed E-state index contributed by atoms with van der Waals surface area (Å²) in [5.41, 5.74) is 0.0611. The van der Waals surface area contributed by atoms with Crippen molar-refractivity contribution in [1.29, 1.82) is 0 Å². The molecule has 0 radical (unpaired) electrons. The number of rotatable bonds is 9. The predicted octanol–water partition coefficient (Wildman–Crippen LogP) is 4.29. The van der Waals surface area contributed by atoms with Gasteiger partial charge in [0.1, 0.15) is 6.17 Å². The number of sulfonamides is 1. The van der Waals surface area contributed by atoms with Crippen LogP contribution in [0.4, 0.5) is 4.39 Å². The Balaban J connectivity index is 1.95. The van der Waals surface area contributed by atoms with Crippen molar-refractivity contribution in [3.05, 3.63) is 42.0 Å². The monoisotopic (exact) mass is 367 g/mol. The van der Waals surface area contributed by atoms with E-state index in [1.54, 1.807) is 6.07 Å². The molecule has 6 heteroatoms. The SMILES string of the molecule is CCCCC/C=C/[C@@H]1C[C@@H]1C(=O)NS(=O)(=O)c1ccccc1C(C)F. The molecule has 1 aliphatic rings. The molecule has 4 nitrogen and oxygen atoms in total. The molecule has 0 aliphatic heterocycles. The summed E-state index contributed by atoms with van der Waals surface area (Å²) >= 11 is 0. The van der Waals surface area contributed by atoms with Gasteiger partial charge in [-0.25, -0.2) is 17.5 Å². The minimum absolute atomic E-state index is 0.0611. The number of nitrogens with one attached hydrogen (secondary N) is 1. The maximum atomic E-state index is 13.6. The number of alkyl halides is 1. The first-order chi connectivity index (χ1) is 11.9. The van der Waals surface area contributed by atoms with Gasteiger partial charge in [-0.3, -0.25) is 4.79 Å². The Kier molecular flexibility index (Phi) is 6.76. The molecule has 0 bridgehead atoms. The normalized spacial score (nSPS) is 21.2. The van der Waals surface area contributed by atoms with E-state index in [0.717, 1.165) is 12.8 Å². The lowest BCUT2D eigenvalue weighted by molar-refractivity contribution is -0.120. The number of amides is 1. The second-order valence-corrected chi connectivity index (χ2v) is 8.20. The molecule has 0 spiro atoms. The first-order valence-corrected chi connectivity index (χ1v) is 10.3. The fourth-order valence-electron chi connectivity index (χ4n) is 2.83. The van der Waals surface area contributed by atoms with Gasteiger partial charge in [0.05, 0.1) is 4.90 Å². The lowest BCUT2D eigenvalue weighted by Gasteiger charge is -2.12. The Bertz CT molecular complexity index is 728. The molecular formula is C19H26FNO3S. The van der Waals surface area contributed by atoms with E-state index >= 15 is 0 Å². The number of allylic oxidation sites excluding steroid dienone is 2. The molecule has 0 heterocycles. The number of hydrogen-bond donors (Lipinski definition) is 1. The van der Waals surface area contributed by atoms with Crippen LogP contribution in [-0.4, -0.2) is 14.3 Å². The highest BCUT2D eigenvalue weighted by atomic mass is 32.2. The first kappa shape index (κ1) is 19.6. The average Bonchev–Trinajstić information content (AvgIpc) is 3.34. The van der Waals surface area contributed by atoms with E-state index in [9.17, 15) is 17.6 Å². The zero-order valence-electron chi connectivity index (χ0n) is 14.7. The molecule has 138 valence electrons. The standard InChI is InChI=1S/C19H26FNO3S/c1-3-4-5-6-7-10-15-13-17(15)19(22)21-25(23,24)18-12-9-8-11-16(18)14(2)20/h7-12,14-15,17H,3-6,13H2,1-2H3,(H,21,22)/b10-7+/t14?,15-,17+/m1/s1. The molecule has 0 saturated heterocycles. The van der Waals surface area contributed by atoms with Crippen molar-refractivity contribution < 1.29 is 17.6 Å². The second-order valence-electron chi connectivity index (χ2n) is 6.55. The number of carbonyl (C=O) groups is 1. The topological polar surface area (TPSA) is 63.2 Å². The van der Waals surface area contributed by atoms with E-state index < -0.39 is 22.1 Å². The van der Waals surface area contributed by atoms with Gasteiger partial charge in [0.25, 0.3) is 10.0 Å². The fraction of sp³-hybridized carbons (Fsp3) is 0.526. The Labute approximate surface area is 149 Å². The van der Waals surface area contributed by atoms with Crippen molar-refractivity contribution in [3.8, 4) is 0 Å². The van der Waals surface area contributed by atoms with Gasteiger partial charge in [-0.15, -0.1) is 0 Å². The summed E-state index contributed by atoms with van der Waals surface area (Å²) in [5, 5.41) is 0. The third kappa shape index (κ3) is 5.39. The number of halogens is 1. The van der Waals surface area contributed by atoms with E-state index in [1.807, 2.05) is 6.08 Å². The first-order valence-electron chi connectivity index (χ1n) is 8.83. The minimum atomic E-state index is -4.06. The molecule has 1 aliphatic carbocycles. The summed E-state index contributed by atoms with van der Waals surface area (Å²) in [6.07, 6.45) is 7.77. The molecule has 2 rings (SSSR count). The van der Waals surface area contributed by atoms with Crippen LogP contribution in [0.25, 0.3) is 0 Å². The summed E-state index contributed by atoms with van der Waals surface area (Å²) in [6, 6.07) is 5.83. The van der Waals surface area contributed by atoms with E-state index in [0.29, 0.717) is 6.42 Å². The minimum Gasteiger partial charge on any atom is -0.274 e. The van der Waals surface area contributed by atoms with Crippen LogP contribution < -0.4 is 4.72 Å². The summed E-state index contributed by atoms with van der Waals surface area (Å²) < 4.78 is 40.6. The van der Waals surface area contributed by atoms with Crippen molar-refractivity contribution in [1.82, 2.24) is 4.72 Å². The van der Waals surface area contributed by atoms with Crippen LogP contribution in [0.3, 0.4) is 0 Å². The summed E-state index contributed by atoms with van der Waals surface area (Å²) in [6.45, 7) is 3.42. The molecule has 1 saturated carbocycles. The van der Waals surface area contributed by atoms with Crippen LogP contribution in [-0.2, 0) is 14.8 Å². The smallest absolute Gasteiger partial charge is 0.264 e. The Morgan fingerprint density at radius 3 is 2.76 bits per heavy atom. The highest BCUT2D eigenvalue weighted by Gasteiger charge is 2.42. The Morgan fingerprint density at radius 1 is 1.36 bits per heavy atom. The molecule has 25 heavy (non-hydrogen) atoms. The van der Waals surface area contributed by atoms with Gasteiger partial charge in [0, 0.05) is 11.5 Å². The van der Waals surface area contributed by atoms with Gasteiger partial charge in [0.15, 0.2) is 0 Å². The molecule has 3 atom stereocenters. The van der Waals surface area contributed by atoms with Gasteiger partial charge in [0.2, 0.25) is 5.91 Å². The van der Waals surface area contributed by atoms with E-state index in [-0.39, 0.29) is 22.3 Å². The summed E-state index contributed by atoms with van der Waals surface area (Å²) in [4.78, 5) is 12.0. The number of unbranched alkanes of at least 4 members (excludes halogenated alkanes) is 3. The van der Waals surface area contributed by atoms with Crippen LogP contribution in [0, 0.1) is 11.8 Å². The molecule has 1 fully saturated rings. The second kappa shape index (κ2) is 8.61. The predicted molar refractivity (Wildman–Crippen MR) is 96.2 cm³/mol. The van der Waals surface area contributed by atoms with Crippen LogP contribution in [0.2, 0.25) is 0 Å². The van der Waals surface area contributed by atoms with Crippen molar-refractivity contribution in [2.24, 2.45) is 11.8 Å². The van der Waals surface area contributed by atoms with Gasteiger partial charge < -0.3 is 0 Å². The van der Waals surface area contributed by atoms with Crippen LogP contribution in [0.15, 0.2) is 41.3 Å². The summed E-state index contributed by atoms with van der Waals surface area (Å²) in [7, 11) is -4.06. The van der Waals surface area contributed by atoms with Crippen molar-refractivity contribution in [2.75, 3.05) is 0 Å². The van der Waals surface area contributed by atoms with Crippen LogP contribution in [0.1, 0.15) is 57.7 Å². The Hall–Kier alpha value is -1.69. The molecule has 1 N–H and O–H groups in total. The van der Waals surface area contributed by atoms with E-state index in [1.165, 1.54) is 38.0 Å². The zero-order valence-corrected chi connectivity index (χ0v) is 15.6. The highest BCUT2D eigenvalue weighted by Crippen LogP contribution is 2.40. The average molecular weight is 367 g/mol. The molecule has 1 unspecified atom stereocenters. The van der Waals surface area contributed by atoms with Crippen LogP contribution >= 0.6 is 0 Å². The zero-order chi connectivity index (χ0) is 18.4. The van der Waals surface area contributed by atoms with Gasteiger partial charge in [-0.2, -0.15) is 0 Å². The molecule has 0 aromatic heterocycles. The van der Waals surface area contributed by atoms with Crippen molar-refractivity contribution >= 4 is 15.9 Å². The number of hydrogen-bond acceptors (Lipinski definition) is 3. The maximum Gasteiger partial charge on any atom is 0.264 e. The number of benzene rings is 1. The third-order valence-electron chi connectivity index (χ3n) is 4.41. The van der Waals surface area contributed by atoms with Gasteiger partial charge in [-0.1, -0.05) is 50.1 Å². The maximum absolute atomic E-state index is 13.6. The molecular weight excluding hydrogens is 341 g/mol. The molecule has 1 amide bonds. The number of carbonyl (C=O) groups excluding carboxylic acids is 1. The van der Waals surface area contributed by atoms with Crippen molar-refractivity contribution in [3.63, 3.8) is 0 Å². The van der Waals surface area contributed by atoms with E-state index in [2.05, 4.69) is 17.7 Å². The van der Waals surface area contributed by atoms with Crippen molar-refractivity contribution in [2.45, 2.75) is 57.0 Å². The molecule has 1 aromatic carbocycles. The highest BCUT2D eigenvalue weighted by molar-refractivity contribution is 7.90. The molecule has 1 aromatic rings. The van der Waals surface area contributed by atoms with Gasteiger partial charge in [-0.05, 0) is 38.2 Å². The van der Waals surface area contributed by atoms with Gasteiger partial charge >= 0.3 is 0 Å². The lowest BCUT2D eigenvalue weighted by atomic mass is 10.1. The van der Waals surface area contributed by atoms with Crippen LogP contribution in [0.5, 0.6) is 0 Å². The summed E-state index contributed by atoms with van der Waals surface area (Å²) in [5.74, 6) is -0.719. The third-order valence-corrected chi connectivity index (χ3v) is 5.83. The quantitative estimate of drug-likeness (QED) is 0.523. The largest absolute Gasteiger partial charge is 0.274 e. The van der Waals surface area contributed by atoms with E-state index in [4.69, 9.17) is 0 Å². The fourth-order valence-corrected chi connectivity index (χ4v) is 4.15. The Morgan fingerprint density at radius 2 is 2.08 bits per heavy atom. The lowest BCUT2D eigenvalue weighted by Crippen LogP contribution is -2.32.